The molecule has 0 unspecified atom stereocenters. The van der Waals surface area contributed by atoms with Crippen molar-refractivity contribution >= 4 is 40.0 Å². The van der Waals surface area contributed by atoms with E-state index >= 15 is 0 Å². The SMILES string of the molecule is Cn1ncc(C(=O)Cl)c1C(=O)Nc1ccn2nc(N3CCOCC3)nc2c1. The number of carbonyl (C=O) groups excluding carboxylic acids is 2. The predicted molar refractivity (Wildman–Crippen MR) is 97.4 cm³/mol. The summed E-state index contributed by atoms with van der Waals surface area (Å²) < 4.78 is 8.28. The molecule has 4 heterocycles. The van der Waals surface area contributed by atoms with Crippen molar-refractivity contribution in [1.29, 1.82) is 0 Å². The molecule has 27 heavy (non-hydrogen) atoms. The molecule has 0 aliphatic carbocycles. The van der Waals surface area contributed by atoms with E-state index in [2.05, 4.69) is 20.5 Å². The first-order valence-electron chi connectivity index (χ1n) is 8.25. The third kappa shape index (κ3) is 3.36. The van der Waals surface area contributed by atoms with Gasteiger partial charge in [0, 0.05) is 38.1 Å². The molecule has 0 bridgehead atoms. The Kier molecular flexibility index (Phi) is 4.50. The van der Waals surface area contributed by atoms with Gasteiger partial charge in [-0.15, -0.1) is 5.10 Å². The van der Waals surface area contributed by atoms with Gasteiger partial charge in [0.05, 0.1) is 25.0 Å². The second kappa shape index (κ2) is 6.97. The minimum absolute atomic E-state index is 0.0508. The zero-order valence-corrected chi connectivity index (χ0v) is 15.2. The van der Waals surface area contributed by atoms with Gasteiger partial charge in [-0.1, -0.05) is 0 Å². The number of anilines is 2. The van der Waals surface area contributed by atoms with Crippen LogP contribution in [0.5, 0.6) is 0 Å². The summed E-state index contributed by atoms with van der Waals surface area (Å²) in [5.74, 6) is 0.125. The maximum absolute atomic E-state index is 12.6. The molecule has 140 valence electrons. The predicted octanol–water partition coefficient (Wildman–Crippen LogP) is 0.931. The highest BCUT2D eigenvalue weighted by Crippen LogP contribution is 2.18. The number of halogens is 1. The summed E-state index contributed by atoms with van der Waals surface area (Å²) in [6.45, 7) is 2.75. The van der Waals surface area contributed by atoms with E-state index in [9.17, 15) is 9.59 Å². The number of fused-ring (bicyclic) bond motifs is 1. The van der Waals surface area contributed by atoms with Crippen LogP contribution in [0.2, 0.25) is 0 Å². The Morgan fingerprint density at radius 3 is 2.81 bits per heavy atom. The smallest absolute Gasteiger partial charge is 0.274 e. The van der Waals surface area contributed by atoms with E-state index < -0.39 is 11.1 Å². The highest BCUT2D eigenvalue weighted by atomic mass is 35.5. The van der Waals surface area contributed by atoms with E-state index in [1.165, 1.54) is 10.9 Å². The second-order valence-electron chi connectivity index (χ2n) is 5.99. The van der Waals surface area contributed by atoms with Gasteiger partial charge in [0.25, 0.3) is 11.1 Å². The Balaban J connectivity index is 1.58. The Morgan fingerprint density at radius 1 is 1.30 bits per heavy atom. The number of hydrogen-bond acceptors (Lipinski definition) is 7. The summed E-state index contributed by atoms with van der Waals surface area (Å²) in [6, 6.07) is 3.40. The molecule has 1 N–H and O–H groups in total. The molecule has 4 rings (SSSR count). The van der Waals surface area contributed by atoms with Crippen LogP contribution in [0.3, 0.4) is 0 Å². The Hall–Kier alpha value is -2.98. The van der Waals surface area contributed by atoms with Gasteiger partial charge in [-0.25, -0.2) is 4.52 Å². The molecule has 0 atom stereocenters. The van der Waals surface area contributed by atoms with Gasteiger partial charge < -0.3 is 15.0 Å². The lowest BCUT2D eigenvalue weighted by Gasteiger charge is -2.25. The van der Waals surface area contributed by atoms with Crippen LogP contribution in [0, 0.1) is 0 Å². The fraction of sp³-hybridized carbons (Fsp3) is 0.312. The Labute approximate surface area is 158 Å². The number of morpholine rings is 1. The number of aryl methyl sites for hydroxylation is 1. The molecule has 1 fully saturated rings. The van der Waals surface area contributed by atoms with Crippen LogP contribution >= 0.6 is 11.6 Å². The van der Waals surface area contributed by atoms with Crippen molar-refractivity contribution < 1.29 is 14.3 Å². The van der Waals surface area contributed by atoms with Gasteiger partial charge in [-0.3, -0.25) is 14.3 Å². The molecular formula is C16H16ClN7O3. The van der Waals surface area contributed by atoms with Gasteiger partial charge in [0.15, 0.2) is 5.65 Å². The largest absolute Gasteiger partial charge is 0.378 e. The molecule has 1 saturated heterocycles. The Morgan fingerprint density at radius 2 is 2.07 bits per heavy atom. The Bertz CT molecular complexity index is 1020. The van der Waals surface area contributed by atoms with Crippen molar-refractivity contribution in [2.45, 2.75) is 0 Å². The normalized spacial score (nSPS) is 14.5. The maximum Gasteiger partial charge on any atom is 0.274 e. The molecule has 10 nitrogen and oxygen atoms in total. The summed E-state index contributed by atoms with van der Waals surface area (Å²) >= 11 is 5.52. The lowest BCUT2D eigenvalue weighted by Crippen LogP contribution is -2.36. The standard InChI is InChI=1S/C16H16ClN7O3/c1-22-13(11(9-18-22)14(17)25)15(26)19-10-2-3-24-12(8-10)20-16(21-24)23-4-6-27-7-5-23/h2-3,8-9H,4-7H2,1H3,(H,19,26). The lowest BCUT2D eigenvalue weighted by atomic mass is 10.2. The van der Waals surface area contributed by atoms with Crippen molar-refractivity contribution in [2.24, 2.45) is 7.05 Å². The minimum atomic E-state index is -0.740. The van der Waals surface area contributed by atoms with Gasteiger partial charge >= 0.3 is 0 Å². The molecule has 0 radical (unpaired) electrons. The topological polar surface area (TPSA) is 107 Å². The van der Waals surface area contributed by atoms with E-state index in [-0.39, 0.29) is 11.3 Å². The number of carbonyl (C=O) groups is 2. The molecular weight excluding hydrogens is 374 g/mol. The second-order valence-corrected chi connectivity index (χ2v) is 6.33. The number of ether oxygens (including phenoxy) is 1. The quantitative estimate of drug-likeness (QED) is 0.661. The average Bonchev–Trinajstić information content (AvgIpc) is 3.25. The average molecular weight is 390 g/mol. The summed E-state index contributed by atoms with van der Waals surface area (Å²) in [5, 5.41) is 10.4. The van der Waals surface area contributed by atoms with Crippen molar-refractivity contribution in [1.82, 2.24) is 24.4 Å². The molecule has 0 saturated carbocycles. The molecule has 1 aliphatic heterocycles. The van der Waals surface area contributed by atoms with E-state index in [1.54, 1.807) is 29.9 Å². The number of amides is 1. The fourth-order valence-electron chi connectivity index (χ4n) is 2.89. The molecule has 1 amide bonds. The van der Waals surface area contributed by atoms with Crippen LogP contribution in [0.1, 0.15) is 20.8 Å². The zero-order chi connectivity index (χ0) is 19.0. The molecule has 3 aromatic rings. The summed E-state index contributed by atoms with van der Waals surface area (Å²) in [7, 11) is 1.56. The number of nitrogens with zero attached hydrogens (tertiary/aromatic N) is 6. The van der Waals surface area contributed by atoms with Crippen LogP contribution in [0.4, 0.5) is 11.6 Å². The zero-order valence-electron chi connectivity index (χ0n) is 14.4. The number of aromatic nitrogens is 5. The van der Waals surface area contributed by atoms with Crippen LogP contribution in [-0.4, -0.2) is 61.8 Å². The fourth-order valence-corrected chi connectivity index (χ4v) is 3.02. The highest BCUT2D eigenvalue weighted by Gasteiger charge is 2.21. The summed E-state index contributed by atoms with van der Waals surface area (Å²) in [6.07, 6.45) is 2.97. The van der Waals surface area contributed by atoms with Gasteiger partial charge in [-0.2, -0.15) is 10.1 Å². The number of nitrogens with one attached hydrogen (secondary N) is 1. The molecule has 3 aromatic heterocycles. The molecule has 0 spiro atoms. The first kappa shape index (κ1) is 17.4. The minimum Gasteiger partial charge on any atom is -0.378 e. The van der Waals surface area contributed by atoms with Gasteiger partial charge in [0.1, 0.15) is 5.69 Å². The summed E-state index contributed by atoms with van der Waals surface area (Å²) in [5.41, 5.74) is 1.25. The summed E-state index contributed by atoms with van der Waals surface area (Å²) in [4.78, 5) is 30.6. The lowest BCUT2D eigenvalue weighted by molar-refractivity contribution is 0.100. The number of hydrogen-bond donors (Lipinski definition) is 1. The molecule has 11 heteroatoms. The maximum atomic E-state index is 12.6. The molecule has 0 aromatic carbocycles. The van der Waals surface area contributed by atoms with Crippen LogP contribution in [0.25, 0.3) is 5.65 Å². The first-order chi connectivity index (χ1) is 13.0. The van der Waals surface area contributed by atoms with Crippen LogP contribution in [-0.2, 0) is 11.8 Å². The van der Waals surface area contributed by atoms with Crippen molar-refractivity contribution in [2.75, 3.05) is 36.5 Å². The van der Waals surface area contributed by atoms with Crippen molar-refractivity contribution in [3.8, 4) is 0 Å². The first-order valence-corrected chi connectivity index (χ1v) is 8.63. The van der Waals surface area contributed by atoms with Gasteiger partial charge in [-0.05, 0) is 17.7 Å². The monoisotopic (exact) mass is 389 g/mol. The third-order valence-corrected chi connectivity index (χ3v) is 4.45. The van der Waals surface area contributed by atoms with Crippen LogP contribution < -0.4 is 10.2 Å². The van der Waals surface area contributed by atoms with E-state index in [0.29, 0.717) is 30.5 Å². The highest BCUT2D eigenvalue weighted by molar-refractivity contribution is 6.68. The number of pyridine rings is 1. The van der Waals surface area contributed by atoms with Crippen molar-refractivity contribution in [3.63, 3.8) is 0 Å². The van der Waals surface area contributed by atoms with Gasteiger partial charge in [0.2, 0.25) is 5.95 Å². The number of rotatable bonds is 4. The third-order valence-electron chi connectivity index (χ3n) is 4.24. The van der Waals surface area contributed by atoms with Crippen LogP contribution in [0.15, 0.2) is 24.5 Å². The van der Waals surface area contributed by atoms with Crippen molar-refractivity contribution in [3.05, 3.63) is 35.8 Å². The van der Waals surface area contributed by atoms with E-state index in [0.717, 1.165) is 13.1 Å². The van der Waals surface area contributed by atoms with E-state index in [1.807, 2.05) is 4.90 Å². The molecule has 1 aliphatic rings. The van der Waals surface area contributed by atoms with E-state index in [4.69, 9.17) is 16.3 Å².